The monoisotopic (exact) mass is 479 g/mol. The van der Waals surface area contributed by atoms with Gasteiger partial charge in [0, 0.05) is 16.5 Å². The summed E-state index contributed by atoms with van der Waals surface area (Å²) in [5, 5.41) is 30.9. The van der Waals surface area contributed by atoms with Gasteiger partial charge in [0.15, 0.2) is 10.8 Å². The number of carbonyl (C=O) groups excluding carboxylic acids is 2. The van der Waals surface area contributed by atoms with Crippen molar-refractivity contribution < 1.29 is 24.7 Å². The van der Waals surface area contributed by atoms with E-state index in [1.165, 1.54) is 17.1 Å². The zero-order valence-corrected chi connectivity index (χ0v) is 17.8. The van der Waals surface area contributed by atoms with Gasteiger partial charge < -0.3 is 21.4 Å². The van der Waals surface area contributed by atoms with E-state index in [2.05, 4.69) is 25.0 Å². The minimum Gasteiger partial charge on any atom is -0.477 e. The number of β-lactam (4-membered cyclic amide) rings is 1. The number of aliphatic carboxylic acids is 1. The number of thiazole rings is 1. The van der Waals surface area contributed by atoms with E-state index in [4.69, 9.17) is 5.73 Å². The van der Waals surface area contributed by atoms with Crippen molar-refractivity contribution in [3.05, 3.63) is 39.5 Å². The second-order valence-corrected chi connectivity index (χ2v) is 8.83. The Hall–Kier alpha value is -3.30. The van der Waals surface area contributed by atoms with Crippen molar-refractivity contribution >= 4 is 69.3 Å². The van der Waals surface area contributed by atoms with Gasteiger partial charge >= 0.3 is 5.97 Å². The van der Waals surface area contributed by atoms with E-state index in [1.54, 1.807) is 17.5 Å². The van der Waals surface area contributed by atoms with Crippen LogP contribution in [0.2, 0.25) is 0 Å². The summed E-state index contributed by atoms with van der Waals surface area (Å²) in [5.41, 5.74) is 6.07. The SMILES string of the molecule is Nc1nc(/C(=N/O)C(=O)NC2C(=O)N3C(C(=O)O)=C(/C=C\c4csnn4)CSC23)cs1. The smallest absolute Gasteiger partial charge is 0.352 e. The Labute approximate surface area is 186 Å². The zero-order chi connectivity index (χ0) is 22.1. The summed E-state index contributed by atoms with van der Waals surface area (Å²) in [6.07, 6.45) is 3.21. The molecule has 2 amide bonds. The molecule has 4 heterocycles. The first-order valence-electron chi connectivity index (χ1n) is 8.51. The Balaban J connectivity index is 1.52. The molecule has 0 spiro atoms. The third-order valence-electron chi connectivity index (χ3n) is 4.40. The van der Waals surface area contributed by atoms with Gasteiger partial charge in [-0.1, -0.05) is 15.7 Å². The molecule has 2 aliphatic heterocycles. The van der Waals surface area contributed by atoms with Crippen molar-refractivity contribution in [1.82, 2.24) is 24.8 Å². The van der Waals surface area contributed by atoms with E-state index in [1.807, 2.05) is 0 Å². The molecule has 1 fully saturated rings. The Kier molecular flexibility index (Phi) is 5.71. The topological polar surface area (TPSA) is 184 Å². The molecule has 2 aliphatic rings. The number of allylic oxidation sites excluding steroid dienone is 1. The minimum absolute atomic E-state index is 0.0671. The highest BCUT2D eigenvalue weighted by Gasteiger charge is 2.54. The van der Waals surface area contributed by atoms with Crippen LogP contribution < -0.4 is 11.1 Å². The van der Waals surface area contributed by atoms with Crippen LogP contribution in [-0.4, -0.2) is 70.4 Å². The molecule has 1 saturated heterocycles. The van der Waals surface area contributed by atoms with Gasteiger partial charge in [0.2, 0.25) is 0 Å². The van der Waals surface area contributed by atoms with Gasteiger partial charge in [-0.2, -0.15) is 0 Å². The van der Waals surface area contributed by atoms with E-state index in [-0.39, 0.29) is 16.5 Å². The number of aromatic nitrogens is 3. The van der Waals surface area contributed by atoms with E-state index >= 15 is 0 Å². The van der Waals surface area contributed by atoms with Crippen LogP contribution in [-0.2, 0) is 14.4 Å². The largest absolute Gasteiger partial charge is 0.477 e. The lowest BCUT2D eigenvalue weighted by Gasteiger charge is -2.49. The average Bonchev–Trinajstić information content (AvgIpc) is 3.42. The lowest BCUT2D eigenvalue weighted by atomic mass is 10.0. The number of oxime groups is 1. The minimum atomic E-state index is -1.25. The van der Waals surface area contributed by atoms with Crippen LogP contribution in [0.15, 0.2) is 33.3 Å². The third-order valence-corrected chi connectivity index (χ3v) is 6.90. The third kappa shape index (κ3) is 3.89. The van der Waals surface area contributed by atoms with Crippen LogP contribution >= 0.6 is 34.6 Å². The van der Waals surface area contributed by atoms with Gasteiger partial charge in [-0.25, -0.2) is 9.78 Å². The number of nitrogen functional groups attached to an aromatic ring is 1. The Morgan fingerprint density at radius 3 is 2.77 bits per heavy atom. The second-order valence-electron chi connectivity index (χ2n) is 6.22. The predicted molar refractivity (Wildman–Crippen MR) is 113 cm³/mol. The first kappa shape index (κ1) is 21.0. The molecule has 12 nitrogen and oxygen atoms in total. The van der Waals surface area contributed by atoms with Crippen LogP contribution in [0.4, 0.5) is 5.13 Å². The highest BCUT2D eigenvalue weighted by Crippen LogP contribution is 2.40. The van der Waals surface area contributed by atoms with Crippen molar-refractivity contribution in [3.8, 4) is 0 Å². The van der Waals surface area contributed by atoms with Crippen molar-refractivity contribution in [2.75, 3.05) is 11.5 Å². The molecular weight excluding hydrogens is 466 g/mol. The molecular formula is C16H13N7O5S3. The fourth-order valence-electron chi connectivity index (χ4n) is 3.02. The summed E-state index contributed by atoms with van der Waals surface area (Å²) in [4.78, 5) is 42.1. The molecule has 0 aromatic carbocycles. The molecule has 31 heavy (non-hydrogen) atoms. The van der Waals surface area contributed by atoms with Crippen molar-refractivity contribution in [2.24, 2.45) is 5.16 Å². The first-order chi connectivity index (χ1) is 14.9. The molecule has 5 N–H and O–H groups in total. The predicted octanol–water partition coefficient (Wildman–Crippen LogP) is 0.207. The number of rotatable bonds is 6. The number of carbonyl (C=O) groups is 3. The number of amides is 2. The molecule has 2 aromatic rings. The fourth-order valence-corrected chi connectivity index (χ4v) is 5.31. The molecule has 0 bridgehead atoms. The normalized spacial score (nSPS) is 21.2. The maximum atomic E-state index is 12.7. The summed E-state index contributed by atoms with van der Waals surface area (Å²) in [7, 11) is 0. The number of nitrogens with one attached hydrogen (secondary N) is 1. The molecule has 2 aromatic heterocycles. The summed E-state index contributed by atoms with van der Waals surface area (Å²) in [5.74, 6) is -2.36. The molecule has 0 aliphatic carbocycles. The standard InChI is InChI=1S/C16H13N7O5S3/c17-16-18-8(5-30-16)9(21-28)12(24)19-10-13(25)23-11(15(26)27)6(3-29-14(10)23)1-2-7-4-31-22-20-7/h1-2,4-5,10,14,28H,3H2,(H2,17,18)(H,19,24)(H,26,27)/b2-1-,21-9-. The van der Waals surface area contributed by atoms with Crippen LogP contribution in [0.25, 0.3) is 6.08 Å². The molecule has 2 unspecified atom stereocenters. The first-order valence-corrected chi connectivity index (χ1v) is 11.3. The average molecular weight is 480 g/mol. The Bertz CT molecular complexity index is 1140. The molecule has 0 saturated carbocycles. The number of hydrogen-bond donors (Lipinski definition) is 4. The molecule has 2 atom stereocenters. The highest BCUT2D eigenvalue weighted by molar-refractivity contribution is 8.00. The number of thioether (sulfide) groups is 1. The molecule has 160 valence electrons. The van der Waals surface area contributed by atoms with E-state index in [0.29, 0.717) is 17.0 Å². The summed E-state index contributed by atoms with van der Waals surface area (Å²) >= 11 is 3.52. The lowest BCUT2D eigenvalue weighted by Crippen LogP contribution is -2.71. The van der Waals surface area contributed by atoms with Gasteiger partial charge in [-0.05, 0) is 23.2 Å². The summed E-state index contributed by atoms with van der Waals surface area (Å²) in [6, 6.07) is -0.979. The number of carboxylic acid groups (broad SMARTS) is 1. The van der Waals surface area contributed by atoms with Crippen molar-refractivity contribution in [1.29, 1.82) is 0 Å². The summed E-state index contributed by atoms with van der Waals surface area (Å²) in [6.45, 7) is 0. The van der Waals surface area contributed by atoms with Gasteiger partial charge in [0.25, 0.3) is 11.8 Å². The Morgan fingerprint density at radius 2 is 2.16 bits per heavy atom. The lowest BCUT2D eigenvalue weighted by molar-refractivity contribution is -0.150. The van der Waals surface area contributed by atoms with Crippen molar-refractivity contribution in [2.45, 2.75) is 11.4 Å². The zero-order valence-electron chi connectivity index (χ0n) is 15.3. The Morgan fingerprint density at radius 1 is 1.35 bits per heavy atom. The highest BCUT2D eigenvalue weighted by atomic mass is 32.2. The quantitative estimate of drug-likeness (QED) is 0.193. The van der Waals surface area contributed by atoms with Gasteiger partial charge in [0.05, 0.1) is 5.69 Å². The van der Waals surface area contributed by atoms with Gasteiger partial charge in [-0.15, -0.1) is 28.2 Å². The number of carboxylic acids is 1. The van der Waals surface area contributed by atoms with E-state index < -0.39 is 34.9 Å². The maximum Gasteiger partial charge on any atom is 0.352 e. The molecule has 0 radical (unpaired) electrons. The maximum absolute atomic E-state index is 12.7. The van der Waals surface area contributed by atoms with Crippen LogP contribution in [0, 0.1) is 0 Å². The van der Waals surface area contributed by atoms with Crippen LogP contribution in [0.1, 0.15) is 11.4 Å². The van der Waals surface area contributed by atoms with E-state index in [9.17, 15) is 24.7 Å². The molecule has 15 heteroatoms. The number of nitrogens with zero attached hydrogens (tertiary/aromatic N) is 5. The fraction of sp³-hybridized carbons (Fsp3) is 0.188. The van der Waals surface area contributed by atoms with Crippen molar-refractivity contribution in [3.63, 3.8) is 0 Å². The van der Waals surface area contributed by atoms with Crippen LogP contribution in [0.5, 0.6) is 0 Å². The van der Waals surface area contributed by atoms with Crippen LogP contribution in [0.3, 0.4) is 0 Å². The number of nitrogens with two attached hydrogens (primary N) is 1. The summed E-state index contributed by atoms with van der Waals surface area (Å²) < 4.78 is 3.73. The second kappa shape index (κ2) is 8.44. The number of hydrogen-bond acceptors (Lipinski definition) is 12. The van der Waals surface area contributed by atoms with Gasteiger partial charge in [-0.3, -0.25) is 14.5 Å². The number of anilines is 1. The van der Waals surface area contributed by atoms with Gasteiger partial charge in [0.1, 0.15) is 22.8 Å². The molecule has 4 rings (SSSR count). The van der Waals surface area contributed by atoms with E-state index in [0.717, 1.165) is 27.8 Å². The number of fused-ring (bicyclic) bond motifs is 1.